The lowest BCUT2D eigenvalue weighted by molar-refractivity contribution is -0.137. The summed E-state index contributed by atoms with van der Waals surface area (Å²) < 4.78 is 38.9. The van der Waals surface area contributed by atoms with Gasteiger partial charge in [0.1, 0.15) is 0 Å². The zero-order chi connectivity index (χ0) is 21.2. The van der Waals surface area contributed by atoms with Gasteiger partial charge in [0.25, 0.3) is 5.91 Å². The van der Waals surface area contributed by atoms with Gasteiger partial charge in [0, 0.05) is 29.1 Å². The van der Waals surface area contributed by atoms with Crippen molar-refractivity contribution in [2.75, 3.05) is 11.9 Å². The van der Waals surface area contributed by atoms with E-state index in [0.717, 1.165) is 25.0 Å². The minimum Gasteiger partial charge on any atom is -0.351 e. The third kappa shape index (κ3) is 5.37. The summed E-state index contributed by atoms with van der Waals surface area (Å²) in [6.45, 7) is 3.70. The van der Waals surface area contributed by atoms with E-state index in [4.69, 9.17) is 0 Å². The average molecular weight is 404 g/mol. The monoisotopic (exact) mass is 404 g/mol. The quantitative estimate of drug-likeness (QED) is 0.729. The molecule has 0 unspecified atom stereocenters. The molecular weight excluding hydrogens is 381 g/mol. The van der Waals surface area contributed by atoms with Crippen LogP contribution >= 0.6 is 0 Å². The van der Waals surface area contributed by atoms with Gasteiger partial charge in [-0.1, -0.05) is 38.1 Å². The molecule has 2 aromatic carbocycles. The Morgan fingerprint density at radius 2 is 1.66 bits per heavy atom. The van der Waals surface area contributed by atoms with Crippen LogP contribution in [0.25, 0.3) is 0 Å². The smallest absolute Gasteiger partial charge is 0.351 e. The lowest BCUT2D eigenvalue weighted by Gasteiger charge is -2.26. The molecule has 3 rings (SSSR count). The number of amides is 2. The molecule has 154 valence electrons. The second kappa shape index (κ2) is 7.89. The van der Waals surface area contributed by atoms with E-state index in [9.17, 15) is 22.8 Å². The number of alkyl halides is 3. The number of rotatable bonds is 6. The van der Waals surface area contributed by atoms with Crippen LogP contribution < -0.4 is 10.6 Å². The van der Waals surface area contributed by atoms with Crippen LogP contribution in [0.4, 0.5) is 18.9 Å². The van der Waals surface area contributed by atoms with E-state index < -0.39 is 17.2 Å². The molecular formula is C22H23F3N2O2. The van der Waals surface area contributed by atoms with Crippen LogP contribution in [0.15, 0.2) is 48.5 Å². The Kier molecular flexibility index (Phi) is 5.68. The molecule has 0 radical (unpaired) electrons. The molecule has 0 heterocycles. The number of halogens is 3. The van der Waals surface area contributed by atoms with Gasteiger partial charge >= 0.3 is 6.18 Å². The minimum absolute atomic E-state index is 0.0479. The van der Waals surface area contributed by atoms with E-state index >= 15 is 0 Å². The first-order valence-electron chi connectivity index (χ1n) is 9.43. The molecule has 0 aromatic heterocycles. The molecule has 1 aliphatic carbocycles. The van der Waals surface area contributed by atoms with Crippen LogP contribution in [0.3, 0.4) is 0 Å². The van der Waals surface area contributed by atoms with Crippen molar-refractivity contribution in [1.29, 1.82) is 0 Å². The maximum atomic E-state index is 13.0. The first kappa shape index (κ1) is 20.9. The fraction of sp³-hybridized carbons (Fsp3) is 0.364. The van der Waals surface area contributed by atoms with E-state index in [1.807, 2.05) is 0 Å². The summed E-state index contributed by atoms with van der Waals surface area (Å²) in [5.41, 5.74) is -0.00829. The molecule has 0 bridgehead atoms. The normalized spacial score (nSPS) is 14.4. The standard InChI is InChI=1S/C22H23F3N2O2/c1-21(2,16-6-4-7-17(12-16)22(23,24)25)13-26-19(28)15-5-3-8-18(11-15)27-20(29)14-9-10-14/h3-8,11-12,14H,9-10,13H2,1-2H3,(H,26,28)(H,27,29). The van der Waals surface area contributed by atoms with Crippen LogP contribution in [0.5, 0.6) is 0 Å². The Labute approximate surface area is 167 Å². The summed E-state index contributed by atoms with van der Waals surface area (Å²) in [6, 6.07) is 11.7. The maximum absolute atomic E-state index is 13.0. The van der Waals surface area contributed by atoms with Crippen LogP contribution in [-0.4, -0.2) is 18.4 Å². The van der Waals surface area contributed by atoms with Gasteiger partial charge in [0.15, 0.2) is 0 Å². The Hall–Kier alpha value is -2.83. The molecule has 2 aromatic rings. The number of hydrogen-bond acceptors (Lipinski definition) is 2. The Morgan fingerprint density at radius 3 is 2.31 bits per heavy atom. The molecule has 0 saturated heterocycles. The highest BCUT2D eigenvalue weighted by molar-refractivity contribution is 5.98. The molecule has 1 fully saturated rings. The fourth-order valence-electron chi connectivity index (χ4n) is 2.95. The van der Waals surface area contributed by atoms with Gasteiger partial charge in [0.05, 0.1) is 5.56 Å². The molecule has 1 aliphatic rings. The number of nitrogens with one attached hydrogen (secondary N) is 2. The molecule has 7 heteroatoms. The molecule has 29 heavy (non-hydrogen) atoms. The first-order valence-corrected chi connectivity index (χ1v) is 9.43. The predicted molar refractivity (Wildman–Crippen MR) is 105 cm³/mol. The van der Waals surface area contributed by atoms with E-state index in [1.54, 1.807) is 44.2 Å². The summed E-state index contributed by atoms with van der Waals surface area (Å²) in [6.07, 6.45) is -2.64. The summed E-state index contributed by atoms with van der Waals surface area (Å²) in [5, 5.41) is 5.57. The summed E-state index contributed by atoms with van der Waals surface area (Å²) in [4.78, 5) is 24.4. The molecule has 0 aliphatic heterocycles. The van der Waals surface area contributed by atoms with Crippen LogP contribution in [0, 0.1) is 5.92 Å². The van der Waals surface area contributed by atoms with E-state index in [2.05, 4.69) is 10.6 Å². The topological polar surface area (TPSA) is 58.2 Å². The van der Waals surface area contributed by atoms with Gasteiger partial charge in [-0.2, -0.15) is 13.2 Å². The SMILES string of the molecule is CC(C)(CNC(=O)c1cccc(NC(=O)C2CC2)c1)c1cccc(C(F)(F)F)c1. The second-order valence-electron chi connectivity index (χ2n) is 7.99. The van der Waals surface area contributed by atoms with Crippen molar-refractivity contribution >= 4 is 17.5 Å². The van der Waals surface area contributed by atoms with Gasteiger partial charge in [0.2, 0.25) is 5.91 Å². The third-order valence-corrected chi connectivity index (χ3v) is 5.00. The van der Waals surface area contributed by atoms with Gasteiger partial charge in [-0.15, -0.1) is 0 Å². The Bertz CT molecular complexity index is 918. The van der Waals surface area contributed by atoms with Crippen molar-refractivity contribution in [2.45, 2.75) is 38.3 Å². The number of carbonyl (C=O) groups excluding carboxylic acids is 2. The zero-order valence-electron chi connectivity index (χ0n) is 16.3. The molecule has 2 N–H and O–H groups in total. The van der Waals surface area contributed by atoms with Gasteiger partial charge in [-0.05, 0) is 42.7 Å². The van der Waals surface area contributed by atoms with Gasteiger partial charge in [-0.25, -0.2) is 0 Å². The molecule has 1 saturated carbocycles. The second-order valence-corrected chi connectivity index (χ2v) is 7.99. The highest BCUT2D eigenvalue weighted by atomic mass is 19.4. The van der Waals surface area contributed by atoms with Crippen molar-refractivity contribution in [3.8, 4) is 0 Å². The van der Waals surface area contributed by atoms with Gasteiger partial charge in [-0.3, -0.25) is 9.59 Å². The Morgan fingerprint density at radius 1 is 1.00 bits per heavy atom. The highest BCUT2D eigenvalue weighted by Crippen LogP contribution is 2.33. The van der Waals surface area contributed by atoms with Crippen molar-refractivity contribution in [1.82, 2.24) is 5.32 Å². The van der Waals surface area contributed by atoms with Crippen molar-refractivity contribution < 1.29 is 22.8 Å². The summed E-state index contributed by atoms with van der Waals surface area (Å²) >= 11 is 0. The minimum atomic E-state index is -4.42. The lowest BCUT2D eigenvalue weighted by atomic mass is 9.83. The Balaban J connectivity index is 1.66. The average Bonchev–Trinajstić information content (AvgIpc) is 3.51. The molecule has 0 spiro atoms. The van der Waals surface area contributed by atoms with E-state index in [-0.39, 0.29) is 24.3 Å². The highest BCUT2D eigenvalue weighted by Gasteiger charge is 2.32. The maximum Gasteiger partial charge on any atom is 0.416 e. The first-order chi connectivity index (χ1) is 13.6. The van der Waals surface area contributed by atoms with Crippen molar-refractivity contribution in [2.24, 2.45) is 5.92 Å². The number of carbonyl (C=O) groups is 2. The molecule has 4 nitrogen and oxygen atoms in total. The predicted octanol–water partition coefficient (Wildman–Crippen LogP) is 4.76. The lowest BCUT2D eigenvalue weighted by Crippen LogP contribution is -2.36. The largest absolute Gasteiger partial charge is 0.416 e. The van der Waals surface area contributed by atoms with Crippen LogP contribution in [-0.2, 0) is 16.4 Å². The van der Waals surface area contributed by atoms with Crippen molar-refractivity contribution in [3.63, 3.8) is 0 Å². The number of hydrogen-bond donors (Lipinski definition) is 2. The summed E-state index contributed by atoms with van der Waals surface area (Å²) in [5.74, 6) is -0.346. The van der Waals surface area contributed by atoms with Crippen molar-refractivity contribution in [3.05, 3.63) is 65.2 Å². The van der Waals surface area contributed by atoms with E-state index in [1.165, 1.54) is 6.07 Å². The van der Waals surface area contributed by atoms with E-state index in [0.29, 0.717) is 16.8 Å². The number of anilines is 1. The number of benzene rings is 2. The van der Waals surface area contributed by atoms with Gasteiger partial charge < -0.3 is 10.6 Å². The fourth-order valence-corrected chi connectivity index (χ4v) is 2.95. The molecule has 0 atom stereocenters. The van der Waals surface area contributed by atoms with Crippen LogP contribution in [0.1, 0.15) is 48.2 Å². The molecule has 2 amide bonds. The zero-order valence-corrected chi connectivity index (χ0v) is 16.3. The third-order valence-electron chi connectivity index (χ3n) is 5.00. The summed E-state index contributed by atoms with van der Waals surface area (Å²) in [7, 11) is 0. The van der Waals surface area contributed by atoms with Crippen LogP contribution in [0.2, 0.25) is 0 Å².